The molecule has 1 N–H and O–H groups in total. The molecule has 1 heterocycles. The molecule has 0 radical (unpaired) electrons. The van der Waals surface area contributed by atoms with Crippen molar-refractivity contribution in [3.63, 3.8) is 0 Å². The number of benzene rings is 2. The molecule has 0 fully saturated rings. The van der Waals surface area contributed by atoms with E-state index in [2.05, 4.69) is 20.8 Å². The third-order valence-corrected chi connectivity index (χ3v) is 6.26. The van der Waals surface area contributed by atoms with Crippen LogP contribution in [0.4, 0.5) is 5.69 Å². The quantitative estimate of drug-likeness (QED) is 0.549. The molecule has 0 saturated heterocycles. The number of aromatic nitrogens is 4. The molecule has 0 aliphatic heterocycles. The Balaban J connectivity index is 1.52. The van der Waals surface area contributed by atoms with Crippen molar-refractivity contribution in [1.82, 2.24) is 24.5 Å². The molecule has 11 heteroatoms. The highest BCUT2D eigenvalue weighted by Crippen LogP contribution is 2.19. The lowest BCUT2D eigenvalue weighted by molar-refractivity contribution is -0.116. The lowest BCUT2D eigenvalue weighted by atomic mass is 10.2. The lowest BCUT2D eigenvalue weighted by Crippen LogP contribution is -2.28. The number of sulfonamides is 1. The van der Waals surface area contributed by atoms with Crippen LogP contribution in [0, 0.1) is 0 Å². The first-order valence-electron chi connectivity index (χ1n) is 9.14. The van der Waals surface area contributed by atoms with Crippen molar-refractivity contribution in [1.29, 1.82) is 0 Å². The van der Waals surface area contributed by atoms with Gasteiger partial charge in [0.05, 0.1) is 17.7 Å². The van der Waals surface area contributed by atoms with E-state index in [0.717, 1.165) is 0 Å². The summed E-state index contributed by atoms with van der Waals surface area (Å²) in [5.41, 5.74) is 1.32. The van der Waals surface area contributed by atoms with E-state index in [1.807, 2.05) is 6.07 Å². The molecule has 158 valence electrons. The van der Waals surface area contributed by atoms with Crippen molar-refractivity contribution >= 4 is 21.6 Å². The highest BCUT2D eigenvalue weighted by atomic mass is 32.2. The maximum Gasteiger partial charge on any atom is 0.242 e. The van der Waals surface area contributed by atoms with E-state index in [4.69, 9.17) is 4.74 Å². The molecule has 0 saturated carbocycles. The van der Waals surface area contributed by atoms with Crippen LogP contribution in [0.15, 0.2) is 59.8 Å². The van der Waals surface area contributed by atoms with Crippen molar-refractivity contribution in [2.75, 3.05) is 26.0 Å². The second kappa shape index (κ2) is 9.46. The van der Waals surface area contributed by atoms with Crippen LogP contribution in [0.5, 0.6) is 5.75 Å². The molecule has 1 aromatic heterocycles. The number of anilines is 1. The van der Waals surface area contributed by atoms with Gasteiger partial charge in [0.25, 0.3) is 0 Å². The Hall–Kier alpha value is -3.31. The zero-order valence-electron chi connectivity index (χ0n) is 16.6. The number of ether oxygens (including phenoxy) is 1. The summed E-state index contributed by atoms with van der Waals surface area (Å²) in [6.45, 7) is 0.215. The zero-order valence-corrected chi connectivity index (χ0v) is 17.4. The van der Waals surface area contributed by atoms with Gasteiger partial charge in [-0.25, -0.2) is 17.4 Å². The summed E-state index contributed by atoms with van der Waals surface area (Å²) in [6.07, 6.45) is 2.02. The van der Waals surface area contributed by atoms with E-state index in [-0.39, 0.29) is 23.8 Å². The normalized spacial score (nSPS) is 11.4. The van der Waals surface area contributed by atoms with E-state index < -0.39 is 10.0 Å². The number of nitrogens with one attached hydrogen (secondary N) is 1. The van der Waals surface area contributed by atoms with Gasteiger partial charge in [-0.2, -0.15) is 0 Å². The van der Waals surface area contributed by atoms with Gasteiger partial charge in [0.1, 0.15) is 12.1 Å². The van der Waals surface area contributed by atoms with Gasteiger partial charge in [0, 0.05) is 25.7 Å². The van der Waals surface area contributed by atoms with Gasteiger partial charge >= 0.3 is 0 Å². The summed E-state index contributed by atoms with van der Waals surface area (Å²) in [4.78, 5) is 12.4. The number of tetrazole rings is 1. The highest BCUT2D eigenvalue weighted by molar-refractivity contribution is 7.89. The van der Waals surface area contributed by atoms with Gasteiger partial charge in [-0.15, -0.1) is 5.10 Å². The van der Waals surface area contributed by atoms with Crippen molar-refractivity contribution in [2.24, 2.45) is 0 Å². The number of carbonyl (C=O) groups is 1. The molecule has 0 unspecified atom stereocenters. The fourth-order valence-electron chi connectivity index (χ4n) is 2.74. The molecule has 2 aromatic carbocycles. The molecular weight excluding hydrogens is 408 g/mol. The Morgan fingerprint density at radius 3 is 2.63 bits per heavy atom. The van der Waals surface area contributed by atoms with Crippen LogP contribution in [0.25, 0.3) is 5.69 Å². The van der Waals surface area contributed by atoms with Crippen molar-refractivity contribution in [2.45, 2.75) is 17.7 Å². The maximum absolute atomic E-state index is 12.6. The van der Waals surface area contributed by atoms with Crippen molar-refractivity contribution in [3.8, 4) is 11.4 Å². The Bertz CT molecular complexity index is 1080. The predicted octanol–water partition coefficient (Wildman–Crippen LogP) is 1.71. The summed E-state index contributed by atoms with van der Waals surface area (Å²) >= 11 is 0. The van der Waals surface area contributed by atoms with Gasteiger partial charge in [-0.1, -0.05) is 6.07 Å². The predicted molar refractivity (Wildman–Crippen MR) is 110 cm³/mol. The molecule has 3 rings (SSSR count). The van der Waals surface area contributed by atoms with Crippen LogP contribution < -0.4 is 10.1 Å². The Kier molecular flexibility index (Phi) is 6.75. The minimum absolute atomic E-state index is 0.176. The molecule has 0 aliphatic carbocycles. The number of carbonyl (C=O) groups excluding carboxylic acids is 1. The van der Waals surface area contributed by atoms with Gasteiger partial charge in [0.15, 0.2) is 0 Å². The Morgan fingerprint density at radius 2 is 1.97 bits per heavy atom. The first kappa shape index (κ1) is 21.4. The minimum Gasteiger partial charge on any atom is -0.497 e. The Morgan fingerprint density at radius 1 is 1.20 bits per heavy atom. The van der Waals surface area contributed by atoms with Gasteiger partial charge in [-0.3, -0.25) is 4.79 Å². The first-order chi connectivity index (χ1) is 14.4. The van der Waals surface area contributed by atoms with Crippen LogP contribution in [0.2, 0.25) is 0 Å². The van der Waals surface area contributed by atoms with Crippen LogP contribution >= 0.6 is 0 Å². The van der Waals surface area contributed by atoms with Crippen molar-refractivity contribution in [3.05, 3.63) is 54.9 Å². The largest absolute Gasteiger partial charge is 0.497 e. The second-order valence-corrected chi connectivity index (χ2v) is 8.50. The monoisotopic (exact) mass is 430 g/mol. The van der Waals surface area contributed by atoms with E-state index in [9.17, 15) is 13.2 Å². The summed E-state index contributed by atoms with van der Waals surface area (Å²) in [5.74, 6) is 0.372. The molecule has 1 amide bonds. The van der Waals surface area contributed by atoms with Crippen molar-refractivity contribution < 1.29 is 17.9 Å². The van der Waals surface area contributed by atoms with Crippen LogP contribution in [-0.2, 0) is 14.8 Å². The van der Waals surface area contributed by atoms with E-state index >= 15 is 0 Å². The SMILES string of the molecule is COc1ccc(S(=O)(=O)N(C)CCCC(=O)Nc2cccc(-n3cnnn3)c2)cc1. The van der Waals surface area contributed by atoms with Gasteiger partial charge in [0.2, 0.25) is 15.9 Å². The van der Waals surface area contributed by atoms with E-state index in [1.165, 1.54) is 41.6 Å². The van der Waals surface area contributed by atoms with Crippen LogP contribution in [0.1, 0.15) is 12.8 Å². The highest BCUT2D eigenvalue weighted by Gasteiger charge is 2.20. The fourth-order valence-corrected chi connectivity index (χ4v) is 3.95. The molecule has 30 heavy (non-hydrogen) atoms. The van der Waals surface area contributed by atoms with E-state index in [1.54, 1.807) is 30.3 Å². The number of hydrogen-bond acceptors (Lipinski definition) is 7. The smallest absolute Gasteiger partial charge is 0.242 e. The summed E-state index contributed by atoms with van der Waals surface area (Å²) in [5, 5.41) is 13.8. The first-order valence-corrected chi connectivity index (χ1v) is 10.6. The second-order valence-electron chi connectivity index (χ2n) is 6.46. The number of nitrogens with zero attached hydrogens (tertiary/aromatic N) is 5. The van der Waals surface area contributed by atoms with Gasteiger partial charge < -0.3 is 10.1 Å². The summed E-state index contributed by atoms with van der Waals surface area (Å²) < 4.78 is 33.0. The molecule has 3 aromatic rings. The number of hydrogen-bond donors (Lipinski definition) is 1. The minimum atomic E-state index is -3.63. The molecule has 10 nitrogen and oxygen atoms in total. The standard InChI is InChI=1S/C19H22N6O4S/c1-24(30(27,28)18-10-8-17(29-2)9-11-18)12-4-7-19(26)21-15-5-3-6-16(13-15)25-14-20-22-23-25/h3,5-6,8-11,13-14H,4,7,12H2,1-2H3,(H,21,26). The van der Waals surface area contributed by atoms with Crippen LogP contribution in [-0.4, -0.2) is 59.5 Å². The molecule has 0 bridgehead atoms. The molecule has 0 aliphatic rings. The average molecular weight is 430 g/mol. The zero-order chi connectivity index (χ0) is 21.6. The maximum atomic E-state index is 12.6. The molecule has 0 atom stereocenters. The van der Waals surface area contributed by atoms with Gasteiger partial charge in [-0.05, 0) is 59.3 Å². The molecule has 0 spiro atoms. The average Bonchev–Trinajstić information content (AvgIpc) is 3.29. The summed E-state index contributed by atoms with van der Waals surface area (Å²) in [7, 11) is -0.617. The number of rotatable bonds is 9. The third kappa shape index (κ3) is 5.19. The summed E-state index contributed by atoms with van der Waals surface area (Å²) in [6, 6.07) is 13.3. The molecular formula is C19H22N6O4S. The third-order valence-electron chi connectivity index (χ3n) is 4.39. The lowest BCUT2D eigenvalue weighted by Gasteiger charge is -2.17. The van der Waals surface area contributed by atoms with E-state index in [0.29, 0.717) is 23.5 Å². The van der Waals surface area contributed by atoms with Crippen LogP contribution in [0.3, 0.4) is 0 Å². The fraction of sp³-hybridized carbons (Fsp3) is 0.263. The topological polar surface area (TPSA) is 119 Å². The number of methoxy groups -OCH3 is 1. The Labute approximate surface area is 174 Å². The number of amides is 1.